The summed E-state index contributed by atoms with van der Waals surface area (Å²) in [6.07, 6.45) is 0. The van der Waals surface area contributed by atoms with Crippen LogP contribution in [-0.4, -0.2) is 37.0 Å². The molecule has 0 spiro atoms. The number of benzene rings is 2. The number of esters is 1. The Morgan fingerprint density at radius 2 is 1.82 bits per heavy atom. The number of nitrogens with zero attached hydrogens (tertiary/aromatic N) is 1. The lowest BCUT2D eigenvalue weighted by molar-refractivity contribution is -0.110. The van der Waals surface area contributed by atoms with E-state index < -0.39 is 5.97 Å². The second-order valence-electron chi connectivity index (χ2n) is 7.75. The van der Waals surface area contributed by atoms with E-state index in [0.717, 1.165) is 42.1 Å². The molecule has 170 valence electrons. The number of rotatable bonds is 8. The van der Waals surface area contributed by atoms with Crippen LogP contribution >= 0.6 is 11.3 Å². The Labute approximate surface area is 197 Å². The van der Waals surface area contributed by atoms with Crippen molar-refractivity contribution < 1.29 is 14.3 Å². The van der Waals surface area contributed by atoms with Crippen LogP contribution in [-0.2, 0) is 16.1 Å². The summed E-state index contributed by atoms with van der Waals surface area (Å²) < 4.78 is 4.81. The minimum absolute atomic E-state index is 0.209. The molecule has 0 aliphatic carbocycles. The number of anilines is 2. The average Bonchev–Trinajstić information content (AvgIpc) is 3.48. The third kappa shape index (κ3) is 4.84. The molecular weight excluding hydrogens is 434 g/mol. The Kier molecular flexibility index (Phi) is 6.91. The molecule has 0 unspecified atom stereocenters. The zero-order chi connectivity index (χ0) is 23.4. The summed E-state index contributed by atoms with van der Waals surface area (Å²) in [6.45, 7) is 7.26. The Balaban J connectivity index is 1.70. The first-order valence-corrected chi connectivity index (χ1v) is 11.9. The maximum absolute atomic E-state index is 13.0. The van der Waals surface area contributed by atoms with E-state index >= 15 is 0 Å². The summed E-state index contributed by atoms with van der Waals surface area (Å²) in [5, 5.41) is 10.4. The van der Waals surface area contributed by atoms with Crippen LogP contribution in [0.25, 0.3) is 11.3 Å². The number of hydrogen-bond donors (Lipinski definition) is 2. The van der Waals surface area contributed by atoms with E-state index in [2.05, 4.69) is 41.5 Å². The van der Waals surface area contributed by atoms with Gasteiger partial charge < -0.3 is 15.4 Å². The molecule has 0 saturated heterocycles. The lowest BCUT2D eigenvalue weighted by Crippen LogP contribution is -2.22. The Bertz CT molecular complexity index is 1180. The molecule has 0 atom stereocenters. The number of ether oxygens (including phenoxy) is 1. The van der Waals surface area contributed by atoms with Gasteiger partial charge in [-0.25, -0.2) is 4.79 Å². The van der Waals surface area contributed by atoms with Crippen LogP contribution in [0.15, 0.2) is 59.3 Å². The lowest BCUT2D eigenvalue weighted by atomic mass is 10.00. The van der Waals surface area contributed by atoms with Crippen LogP contribution in [0, 0.1) is 0 Å². The maximum Gasteiger partial charge on any atom is 0.337 e. The van der Waals surface area contributed by atoms with Crippen LogP contribution < -0.4 is 10.6 Å². The normalized spacial score (nSPS) is 14.1. The van der Waals surface area contributed by atoms with Gasteiger partial charge in [0.25, 0.3) is 5.91 Å². The zero-order valence-electron chi connectivity index (χ0n) is 19.0. The molecule has 1 aromatic heterocycles. The van der Waals surface area contributed by atoms with Crippen LogP contribution in [0.5, 0.6) is 0 Å². The predicted octanol–water partition coefficient (Wildman–Crippen LogP) is 5.31. The van der Waals surface area contributed by atoms with Crippen molar-refractivity contribution in [3.8, 4) is 0 Å². The summed E-state index contributed by atoms with van der Waals surface area (Å²) in [4.78, 5) is 27.3. The maximum atomic E-state index is 13.0. The van der Waals surface area contributed by atoms with Gasteiger partial charge in [-0.2, -0.15) is 11.3 Å². The van der Waals surface area contributed by atoms with Crippen molar-refractivity contribution in [3.63, 3.8) is 0 Å². The lowest BCUT2D eigenvalue weighted by Gasteiger charge is -2.18. The van der Waals surface area contributed by atoms with Crippen molar-refractivity contribution in [2.75, 3.05) is 30.8 Å². The number of carbonyl (C=O) groups is 2. The number of amides is 1. The summed E-state index contributed by atoms with van der Waals surface area (Å²) >= 11 is 1.57. The highest BCUT2D eigenvalue weighted by Gasteiger charge is 2.29. The van der Waals surface area contributed by atoms with E-state index in [1.165, 1.54) is 12.7 Å². The minimum Gasteiger partial charge on any atom is -0.465 e. The molecule has 1 amide bonds. The molecule has 0 saturated carbocycles. The first-order valence-electron chi connectivity index (χ1n) is 10.9. The van der Waals surface area contributed by atoms with Gasteiger partial charge in [0.1, 0.15) is 0 Å². The number of carbonyl (C=O) groups excluding carboxylic acids is 2. The quantitative estimate of drug-likeness (QED) is 0.351. The van der Waals surface area contributed by atoms with Crippen molar-refractivity contribution in [3.05, 3.63) is 81.5 Å². The summed E-state index contributed by atoms with van der Waals surface area (Å²) in [7, 11) is 1.34. The number of fused-ring (bicyclic) bond motifs is 1. The molecule has 2 heterocycles. The highest BCUT2D eigenvalue weighted by atomic mass is 32.1. The molecule has 3 aromatic rings. The van der Waals surface area contributed by atoms with Gasteiger partial charge in [-0.1, -0.05) is 32.0 Å². The fraction of sp³-hybridized carbons (Fsp3) is 0.231. The van der Waals surface area contributed by atoms with Crippen molar-refractivity contribution in [2.24, 2.45) is 0 Å². The van der Waals surface area contributed by atoms with Gasteiger partial charge in [-0.15, -0.1) is 0 Å². The van der Waals surface area contributed by atoms with Gasteiger partial charge in [0.2, 0.25) is 0 Å². The largest absolute Gasteiger partial charge is 0.465 e. The molecule has 2 N–H and O–H groups in total. The van der Waals surface area contributed by atoms with Gasteiger partial charge in [-0.3, -0.25) is 9.69 Å². The zero-order valence-corrected chi connectivity index (χ0v) is 19.8. The highest BCUT2D eigenvalue weighted by Crippen LogP contribution is 2.38. The second-order valence-corrected chi connectivity index (χ2v) is 8.53. The van der Waals surface area contributed by atoms with Crippen molar-refractivity contribution in [2.45, 2.75) is 20.4 Å². The van der Waals surface area contributed by atoms with E-state index in [-0.39, 0.29) is 5.91 Å². The molecule has 1 aliphatic heterocycles. The first kappa shape index (κ1) is 22.8. The summed E-state index contributed by atoms with van der Waals surface area (Å²) in [5.74, 6) is -0.649. The molecular formula is C26H27N3O3S. The molecule has 33 heavy (non-hydrogen) atoms. The standard InChI is InChI=1S/C26H27N3O3S/c1-4-29(5-2)15-17-6-9-20(10-7-17)27-24(19-12-13-33-16-19)23-21-11-8-18(26(31)32-3)14-22(21)28-25(23)30/h6-14,16,27H,4-5,15H2,1-3H3,(H,28,30). The van der Waals surface area contributed by atoms with E-state index in [1.54, 1.807) is 29.5 Å². The van der Waals surface area contributed by atoms with Crippen molar-refractivity contribution in [1.82, 2.24) is 4.90 Å². The molecule has 0 bridgehead atoms. The summed E-state index contributed by atoms with van der Waals surface area (Å²) in [6, 6.07) is 15.4. The molecule has 0 fully saturated rings. The third-order valence-corrected chi connectivity index (χ3v) is 6.45. The van der Waals surface area contributed by atoms with Crippen LogP contribution in [0.2, 0.25) is 0 Å². The SMILES string of the molecule is CCN(CC)Cc1ccc(NC(=C2C(=O)Nc3cc(C(=O)OC)ccc32)c2ccsc2)cc1. The molecule has 1 aliphatic rings. The Morgan fingerprint density at radius 1 is 1.06 bits per heavy atom. The number of nitrogens with one attached hydrogen (secondary N) is 2. The minimum atomic E-state index is -0.439. The third-order valence-electron chi connectivity index (χ3n) is 5.77. The molecule has 7 heteroatoms. The second kappa shape index (κ2) is 10.0. The topological polar surface area (TPSA) is 70.7 Å². The van der Waals surface area contributed by atoms with Crippen LogP contribution in [0.1, 0.15) is 40.9 Å². The number of thiophene rings is 1. The molecule has 4 rings (SSSR count). The van der Waals surface area contributed by atoms with Crippen molar-refractivity contribution in [1.29, 1.82) is 0 Å². The van der Waals surface area contributed by atoms with Gasteiger partial charge >= 0.3 is 5.97 Å². The molecule has 2 aromatic carbocycles. The first-order chi connectivity index (χ1) is 16.0. The van der Waals surface area contributed by atoms with Crippen LogP contribution in [0.3, 0.4) is 0 Å². The van der Waals surface area contributed by atoms with Crippen LogP contribution in [0.4, 0.5) is 11.4 Å². The average molecular weight is 462 g/mol. The van der Waals surface area contributed by atoms with E-state index in [0.29, 0.717) is 16.8 Å². The highest BCUT2D eigenvalue weighted by molar-refractivity contribution is 7.08. The van der Waals surface area contributed by atoms with Gasteiger partial charge in [-0.05, 0) is 54.4 Å². The molecule has 6 nitrogen and oxygen atoms in total. The Morgan fingerprint density at radius 3 is 2.45 bits per heavy atom. The van der Waals surface area contributed by atoms with E-state index in [9.17, 15) is 9.59 Å². The van der Waals surface area contributed by atoms with Gasteiger partial charge in [0.15, 0.2) is 0 Å². The predicted molar refractivity (Wildman–Crippen MR) is 134 cm³/mol. The fourth-order valence-corrected chi connectivity index (χ4v) is 4.54. The number of hydrogen-bond acceptors (Lipinski definition) is 6. The monoisotopic (exact) mass is 461 g/mol. The molecule has 0 radical (unpaired) electrons. The van der Waals surface area contributed by atoms with Crippen molar-refractivity contribution >= 4 is 45.9 Å². The van der Waals surface area contributed by atoms with Gasteiger partial charge in [0.05, 0.1) is 29.6 Å². The van der Waals surface area contributed by atoms with Gasteiger partial charge in [0, 0.05) is 28.7 Å². The fourth-order valence-electron chi connectivity index (χ4n) is 3.89. The Hall–Kier alpha value is -3.42. The summed E-state index contributed by atoms with van der Waals surface area (Å²) in [5.41, 5.74) is 6.10. The van der Waals surface area contributed by atoms with E-state index in [1.807, 2.05) is 29.0 Å². The van der Waals surface area contributed by atoms with E-state index in [4.69, 9.17) is 4.74 Å². The number of methoxy groups -OCH3 is 1. The smallest absolute Gasteiger partial charge is 0.337 e.